The van der Waals surface area contributed by atoms with E-state index >= 15 is 0 Å². The van der Waals surface area contributed by atoms with Crippen LogP contribution >= 0.6 is 0 Å². The van der Waals surface area contributed by atoms with Gasteiger partial charge >= 0.3 is 0 Å². The highest BCUT2D eigenvalue weighted by molar-refractivity contribution is 7.89. The molecule has 1 aliphatic rings. The van der Waals surface area contributed by atoms with E-state index in [-0.39, 0.29) is 34.5 Å². The summed E-state index contributed by atoms with van der Waals surface area (Å²) in [4.78, 5) is 12.4. The van der Waals surface area contributed by atoms with Crippen molar-refractivity contribution in [3.63, 3.8) is 0 Å². The molecule has 150 valence electrons. The second-order valence-electron chi connectivity index (χ2n) is 6.10. The number of benzene rings is 2. The minimum absolute atomic E-state index is 0.0810. The number of nitrogens with one attached hydrogen (secondary N) is 2. The SMILES string of the molecule is COc1ccc(S(=O)(=O)N[C@H]2CCOC2)cc1C(=O)Nc1cccc(F)c1F. The molecule has 1 amide bonds. The topological polar surface area (TPSA) is 93.7 Å². The quantitative estimate of drug-likeness (QED) is 0.759. The Morgan fingerprint density at radius 3 is 2.71 bits per heavy atom. The monoisotopic (exact) mass is 412 g/mol. The van der Waals surface area contributed by atoms with Gasteiger partial charge in [-0.1, -0.05) is 6.07 Å². The van der Waals surface area contributed by atoms with Crippen LogP contribution in [0, 0.1) is 11.6 Å². The van der Waals surface area contributed by atoms with Crippen LogP contribution in [0.15, 0.2) is 41.3 Å². The Balaban J connectivity index is 1.90. The Hall–Kier alpha value is -2.56. The third-order valence-corrected chi connectivity index (χ3v) is 5.70. The molecule has 0 saturated carbocycles. The minimum Gasteiger partial charge on any atom is -0.496 e. The van der Waals surface area contributed by atoms with E-state index in [9.17, 15) is 22.0 Å². The molecule has 1 atom stereocenters. The lowest BCUT2D eigenvalue weighted by Crippen LogP contribution is -2.35. The van der Waals surface area contributed by atoms with Gasteiger partial charge in [-0.05, 0) is 36.8 Å². The van der Waals surface area contributed by atoms with Crippen LogP contribution in [0.2, 0.25) is 0 Å². The number of hydrogen-bond acceptors (Lipinski definition) is 5. The summed E-state index contributed by atoms with van der Waals surface area (Å²) in [7, 11) is -2.61. The van der Waals surface area contributed by atoms with E-state index in [0.717, 1.165) is 12.1 Å². The van der Waals surface area contributed by atoms with Gasteiger partial charge in [-0.25, -0.2) is 21.9 Å². The second kappa shape index (κ2) is 8.21. The molecule has 28 heavy (non-hydrogen) atoms. The lowest BCUT2D eigenvalue weighted by molar-refractivity contribution is 0.102. The molecule has 0 unspecified atom stereocenters. The van der Waals surface area contributed by atoms with Crippen LogP contribution < -0.4 is 14.8 Å². The van der Waals surface area contributed by atoms with Crippen molar-refractivity contribution in [2.24, 2.45) is 0 Å². The summed E-state index contributed by atoms with van der Waals surface area (Å²) < 4.78 is 65.1. The highest BCUT2D eigenvalue weighted by Crippen LogP contribution is 2.25. The molecule has 3 rings (SSSR count). The molecule has 1 heterocycles. The van der Waals surface area contributed by atoms with Crippen LogP contribution in [0.3, 0.4) is 0 Å². The van der Waals surface area contributed by atoms with Gasteiger partial charge < -0.3 is 14.8 Å². The number of carbonyl (C=O) groups is 1. The Morgan fingerprint density at radius 1 is 1.25 bits per heavy atom. The molecule has 10 heteroatoms. The highest BCUT2D eigenvalue weighted by atomic mass is 32.2. The highest BCUT2D eigenvalue weighted by Gasteiger charge is 2.25. The second-order valence-corrected chi connectivity index (χ2v) is 7.81. The number of amides is 1. The van der Waals surface area contributed by atoms with Crippen LogP contribution in [0.4, 0.5) is 14.5 Å². The van der Waals surface area contributed by atoms with Crippen molar-refractivity contribution in [3.05, 3.63) is 53.6 Å². The van der Waals surface area contributed by atoms with E-state index < -0.39 is 27.6 Å². The molecule has 0 aliphatic carbocycles. The normalized spacial score (nSPS) is 16.8. The number of rotatable bonds is 6. The fourth-order valence-corrected chi connectivity index (χ4v) is 4.02. The smallest absolute Gasteiger partial charge is 0.259 e. The maximum absolute atomic E-state index is 13.8. The number of anilines is 1. The summed E-state index contributed by atoms with van der Waals surface area (Å²) in [5.41, 5.74) is -0.516. The summed E-state index contributed by atoms with van der Waals surface area (Å²) in [6.07, 6.45) is 0.543. The van der Waals surface area contributed by atoms with Gasteiger partial charge in [-0.15, -0.1) is 0 Å². The third-order valence-electron chi connectivity index (χ3n) is 4.18. The van der Waals surface area contributed by atoms with Gasteiger partial charge in [-0.2, -0.15) is 0 Å². The fourth-order valence-electron chi connectivity index (χ4n) is 2.74. The largest absolute Gasteiger partial charge is 0.496 e. The van der Waals surface area contributed by atoms with E-state index in [1.807, 2.05) is 0 Å². The van der Waals surface area contributed by atoms with Crippen molar-refractivity contribution in [2.75, 3.05) is 25.6 Å². The first-order valence-electron chi connectivity index (χ1n) is 8.35. The maximum atomic E-state index is 13.8. The predicted molar refractivity (Wildman–Crippen MR) is 96.9 cm³/mol. The van der Waals surface area contributed by atoms with Gasteiger partial charge in [0.1, 0.15) is 5.75 Å². The van der Waals surface area contributed by atoms with Gasteiger partial charge in [-0.3, -0.25) is 4.79 Å². The first-order chi connectivity index (χ1) is 13.3. The standard InChI is InChI=1S/C18H18F2N2O5S/c1-26-16-6-5-12(28(24,25)22-11-7-8-27-10-11)9-13(16)18(23)21-15-4-2-3-14(19)17(15)20/h2-6,9,11,22H,7-8,10H2,1H3,(H,21,23)/t11-/m0/s1. The molecule has 1 aliphatic heterocycles. The molecule has 7 nitrogen and oxygen atoms in total. The third kappa shape index (κ3) is 4.29. The van der Waals surface area contributed by atoms with E-state index in [1.165, 1.54) is 31.4 Å². The summed E-state index contributed by atoms with van der Waals surface area (Å²) in [5.74, 6) is -3.11. The summed E-state index contributed by atoms with van der Waals surface area (Å²) in [6.45, 7) is 0.726. The molecular weight excluding hydrogens is 394 g/mol. The van der Waals surface area contributed by atoms with Crippen LogP contribution in [-0.4, -0.2) is 40.7 Å². The van der Waals surface area contributed by atoms with E-state index in [1.54, 1.807) is 0 Å². The van der Waals surface area contributed by atoms with Crippen molar-refractivity contribution < 1.29 is 31.5 Å². The minimum atomic E-state index is -3.91. The Kier molecular flexibility index (Phi) is 5.92. The van der Waals surface area contributed by atoms with Crippen LogP contribution in [0.25, 0.3) is 0 Å². The van der Waals surface area contributed by atoms with Gasteiger partial charge in [0, 0.05) is 12.6 Å². The summed E-state index contributed by atoms with van der Waals surface area (Å²) >= 11 is 0. The molecular formula is C18H18F2N2O5S. The molecule has 1 saturated heterocycles. The molecule has 0 spiro atoms. The number of ether oxygens (including phenoxy) is 2. The number of sulfonamides is 1. The molecule has 1 fully saturated rings. The van der Waals surface area contributed by atoms with Gasteiger partial charge in [0.15, 0.2) is 11.6 Å². The molecule has 0 bridgehead atoms. The zero-order valence-corrected chi connectivity index (χ0v) is 15.7. The predicted octanol–water partition coefficient (Wildman–Crippen LogP) is 2.29. The average molecular weight is 412 g/mol. The van der Waals surface area contributed by atoms with Crippen molar-refractivity contribution >= 4 is 21.6 Å². The van der Waals surface area contributed by atoms with Gasteiger partial charge in [0.25, 0.3) is 5.91 Å². The Bertz CT molecular complexity index is 991. The fraction of sp³-hybridized carbons (Fsp3) is 0.278. The van der Waals surface area contributed by atoms with E-state index in [4.69, 9.17) is 9.47 Å². The van der Waals surface area contributed by atoms with Crippen molar-refractivity contribution in [2.45, 2.75) is 17.4 Å². The molecule has 0 aromatic heterocycles. The van der Waals surface area contributed by atoms with Crippen molar-refractivity contribution in [1.82, 2.24) is 4.72 Å². The number of carbonyl (C=O) groups excluding carboxylic acids is 1. The van der Waals surface area contributed by atoms with Crippen LogP contribution in [-0.2, 0) is 14.8 Å². The zero-order chi connectivity index (χ0) is 20.3. The molecule has 2 aromatic rings. The Morgan fingerprint density at radius 2 is 2.04 bits per heavy atom. The van der Waals surface area contributed by atoms with Crippen molar-refractivity contribution in [1.29, 1.82) is 0 Å². The molecule has 0 radical (unpaired) electrons. The first-order valence-corrected chi connectivity index (χ1v) is 9.83. The van der Waals surface area contributed by atoms with E-state index in [2.05, 4.69) is 10.0 Å². The number of halogens is 2. The van der Waals surface area contributed by atoms with Crippen molar-refractivity contribution in [3.8, 4) is 5.75 Å². The summed E-state index contributed by atoms with van der Waals surface area (Å²) in [6, 6.07) is 6.70. The number of methoxy groups -OCH3 is 1. The van der Waals surface area contributed by atoms with Crippen LogP contribution in [0.1, 0.15) is 16.8 Å². The Labute approximate surface area is 160 Å². The summed E-state index contributed by atoms with van der Waals surface area (Å²) in [5, 5.41) is 2.22. The molecule has 2 N–H and O–H groups in total. The van der Waals surface area contributed by atoms with Crippen LogP contribution in [0.5, 0.6) is 5.75 Å². The van der Waals surface area contributed by atoms with E-state index in [0.29, 0.717) is 13.0 Å². The average Bonchev–Trinajstić information content (AvgIpc) is 3.17. The first kappa shape index (κ1) is 20.2. The van der Waals surface area contributed by atoms with Gasteiger partial charge in [0.2, 0.25) is 10.0 Å². The number of hydrogen-bond donors (Lipinski definition) is 2. The zero-order valence-electron chi connectivity index (χ0n) is 14.9. The lowest BCUT2D eigenvalue weighted by atomic mass is 10.1. The molecule has 2 aromatic carbocycles. The lowest BCUT2D eigenvalue weighted by Gasteiger charge is -2.14. The van der Waals surface area contributed by atoms with Gasteiger partial charge in [0.05, 0.1) is 29.9 Å². The maximum Gasteiger partial charge on any atom is 0.259 e.